The number of likely N-dealkylation sites (N-methyl/N-ethyl adjacent to an activating group) is 1. The van der Waals surface area contributed by atoms with E-state index < -0.39 is 0 Å². The van der Waals surface area contributed by atoms with Gasteiger partial charge in [0.15, 0.2) is 11.5 Å². The average Bonchev–Trinajstić information content (AvgIpc) is 2.70. The molecule has 133 valence electrons. The second kappa shape index (κ2) is 7.91. The van der Waals surface area contributed by atoms with Gasteiger partial charge < -0.3 is 14.4 Å². The van der Waals surface area contributed by atoms with E-state index in [1.807, 2.05) is 61.6 Å². The molecule has 0 aliphatic carbocycles. The molecule has 0 heterocycles. The molecule has 0 N–H and O–H groups in total. The minimum Gasteiger partial charge on any atom is -0.493 e. The number of ether oxygens (including phenoxy) is 2. The number of carbonyl (C=O) groups is 1. The van der Waals surface area contributed by atoms with Gasteiger partial charge in [-0.25, -0.2) is 0 Å². The van der Waals surface area contributed by atoms with Crippen LogP contribution in [-0.4, -0.2) is 38.6 Å². The second-order valence-electron chi connectivity index (χ2n) is 6.14. The van der Waals surface area contributed by atoms with Crippen molar-refractivity contribution < 1.29 is 14.3 Å². The van der Waals surface area contributed by atoms with Gasteiger partial charge >= 0.3 is 0 Å². The first-order valence-corrected chi connectivity index (χ1v) is 8.49. The average molecular weight is 348 g/mol. The van der Waals surface area contributed by atoms with Crippen molar-refractivity contribution in [1.29, 1.82) is 0 Å². The van der Waals surface area contributed by atoms with Gasteiger partial charge in [0, 0.05) is 19.2 Å². The Kier molecular flexibility index (Phi) is 5.42. The first kappa shape index (κ1) is 17.8. The Bertz CT molecular complexity index is 920. The Labute approximate surface area is 154 Å². The van der Waals surface area contributed by atoms with Crippen LogP contribution in [-0.2, 0) is 6.42 Å². The highest BCUT2D eigenvalue weighted by atomic mass is 16.5. The summed E-state index contributed by atoms with van der Waals surface area (Å²) < 4.78 is 10.6. The van der Waals surface area contributed by atoms with Crippen LogP contribution in [0, 0.1) is 6.07 Å². The molecule has 1 amide bonds. The van der Waals surface area contributed by atoms with Crippen molar-refractivity contribution in [3.8, 4) is 11.5 Å². The summed E-state index contributed by atoms with van der Waals surface area (Å²) in [5.74, 6) is 1.37. The monoisotopic (exact) mass is 348 g/mol. The summed E-state index contributed by atoms with van der Waals surface area (Å²) in [5.41, 5.74) is 1.67. The minimum absolute atomic E-state index is 0.0313. The zero-order chi connectivity index (χ0) is 18.5. The van der Waals surface area contributed by atoms with Crippen molar-refractivity contribution in [2.24, 2.45) is 0 Å². The molecule has 0 spiro atoms. The number of benzene rings is 3. The van der Waals surface area contributed by atoms with Gasteiger partial charge in [-0.3, -0.25) is 4.79 Å². The number of hydrogen-bond acceptors (Lipinski definition) is 3. The van der Waals surface area contributed by atoms with Crippen molar-refractivity contribution in [2.45, 2.75) is 6.42 Å². The van der Waals surface area contributed by atoms with Crippen LogP contribution in [0.15, 0.2) is 54.6 Å². The molecule has 3 rings (SSSR count). The van der Waals surface area contributed by atoms with E-state index in [0.29, 0.717) is 23.6 Å². The topological polar surface area (TPSA) is 38.8 Å². The summed E-state index contributed by atoms with van der Waals surface area (Å²) in [6.07, 6.45) is 0.732. The number of amides is 1. The van der Waals surface area contributed by atoms with E-state index in [1.165, 1.54) is 0 Å². The van der Waals surface area contributed by atoms with E-state index in [1.54, 1.807) is 19.1 Å². The van der Waals surface area contributed by atoms with Gasteiger partial charge in [0.1, 0.15) is 0 Å². The molecule has 0 saturated carbocycles. The molecule has 4 nitrogen and oxygen atoms in total. The van der Waals surface area contributed by atoms with Gasteiger partial charge in [-0.05, 0) is 53.1 Å². The van der Waals surface area contributed by atoms with Crippen LogP contribution < -0.4 is 9.47 Å². The molecule has 0 aliphatic rings. The highest BCUT2D eigenvalue weighted by Crippen LogP contribution is 2.27. The van der Waals surface area contributed by atoms with E-state index in [9.17, 15) is 4.79 Å². The van der Waals surface area contributed by atoms with Crippen molar-refractivity contribution in [3.63, 3.8) is 0 Å². The maximum atomic E-state index is 12.7. The molecule has 0 fully saturated rings. The Morgan fingerprint density at radius 2 is 1.73 bits per heavy atom. The van der Waals surface area contributed by atoms with E-state index in [0.717, 1.165) is 22.8 Å². The van der Waals surface area contributed by atoms with Crippen molar-refractivity contribution in [2.75, 3.05) is 27.8 Å². The van der Waals surface area contributed by atoms with Crippen LogP contribution in [0.1, 0.15) is 15.9 Å². The summed E-state index contributed by atoms with van der Waals surface area (Å²) >= 11 is 0. The van der Waals surface area contributed by atoms with Gasteiger partial charge in [0.2, 0.25) is 0 Å². The van der Waals surface area contributed by atoms with Gasteiger partial charge in [-0.2, -0.15) is 0 Å². The van der Waals surface area contributed by atoms with Gasteiger partial charge in [0.05, 0.1) is 14.2 Å². The van der Waals surface area contributed by atoms with Gasteiger partial charge in [-0.1, -0.05) is 30.3 Å². The maximum absolute atomic E-state index is 12.7. The third-order valence-electron chi connectivity index (χ3n) is 4.44. The summed E-state index contributed by atoms with van der Waals surface area (Å²) in [6.45, 7) is 0.606. The van der Waals surface area contributed by atoms with Crippen LogP contribution in [0.2, 0.25) is 0 Å². The fourth-order valence-electron chi connectivity index (χ4n) is 2.89. The molecule has 3 aromatic rings. The van der Waals surface area contributed by atoms with Crippen molar-refractivity contribution >= 4 is 16.7 Å². The molecule has 1 radical (unpaired) electrons. The van der Waals surface area contributed by atoms with E-state index in [-0.39, 0.29) is 5.91 Å². The zero-order valence-electron chi connectivity index (χ0n) is 15.3. The first-order chi connectivity index (χ1) is 12.6. The fraction of sp³-hybridized carbons (Fsp3) is 0.227. The molecule has 26 heavy (non-hydrogen) atoms. The Balaban J connectivity index is 1.69. The van der Waals surface area contributed by atoms with Crippen molar-refractivity contribution in [3.05, 3.63) is 71.8 Å². The van der Waals surface area contributed by atoms with Crippen LogP contribution in [0.3, 0.4) is 0 Å². The summed E-state index contributed by atoms with van der Waals surface area (Å²) in [6, 6.07) is 20.6. The molecule has 0 aliphatic heterocycles. The predicted octanol–water partition coefficient (Wildman–Crippen LogP) is 3.97. The highest BCUT2D eigenvalue weighted by Gasteiger charge is 2.13. The lowest BCUT2D eigenvalue weighted by molar-refractivity contribution is 0.0796. The number of rotatable bonds is 6. The normalized spacial score (nSPS) is 10.6. The first-order valence-electron chi connectivity index (χ1n) is 8.49. The van der Waals surface area contributed by atoms with E-state index in [4.69, 9.17) is 9.47 Å². The number of nitrogens with zero attached hydrogens (tertiary/aromatic N) is 1. The number of hydrogen-bond donors (Lipinski definition) is 0. The van der Waals surface area contributed by atoms with Crippen LogP contribution >= 0.6 is 0 Å². The largest absolute Gasteiger partial charge is 0.493 e. The smallest absolute Gasteiger partial charge is 0.254 e. The summed E-state index contributed by atoms with van der Waals surface area (Å²) in [7, 11) is 5.04. The quantitative estimate of drug-likeness (QED) is 0.676. The Hall–Kier alpha value is -3.01. The summed E-state index contributed by atoms with van der Waals surface area (Å²) in [5, 5.41) is 2.12. The van der Waals surface area contributed by atoms with Gasteiger partial charge in [-0.15, -0.1) is 0 Å². The predicted molar refractivity (Wildman–Crippen MR) is 103 cm³/mol. The third kappa shape index (κ3) is 3.80. The lowest BCUT2D eigenvalue weighted by Crippen LogP contribution is -2.28. The molecule has 0 unspecified atom stereocenters. The Morgan fingerprint density at radius 3 is 2.46 bits per heavy atom. The number of fused-ring (bicyclic) bond motifs is 1. The molecule has 0 atom stereocenters. The molecular weight excluding hydrogens is 326 g/mol. The highest BCUT2D eigenvalue weighted by molar-refractivity contribution is 5.98. The van der Waals surface area contributed by atoms with E-state index in [2.05, 4.69) is 6.07 Å². The van der Waals surface area contributed by atoms with Crippen LogP contribution in [0.25, 0.3) is 10.8 Å². The van der Waals surface area contributed by atoms with Crippen LogP contribution in [0.5, 0.6) is 11.5 Å². The molecule has 3 aromatic carbocycles. The molecular formula is C22H22NO3. The molecule has 0 bridgehead atoms. The Morgan fingerprint density at radius 1 is 1.00 bits per heavy atom. The summed E-state index contributed by atoms with van der Waals surface area (Å²) in [4.78, 5) is 14.4. The van der Waals surface area contributed by atoms with E-state index >= 15 is 0 Å². The minimum atomic E-state index is -0.0313. The van der Waals surface area contributed by atoms with Crippen LogP contribution in [0.4, 0.5) is 0 Å². The lowest BCUT2D eigenvalue weighted by Gasteiger charge is -2.18. The molecule has 0 saturated heterocycles. The zero-order valence-corrected chi connectivity index (χ0v) is 15.3. The molecule has 0 aromatic heterocycles. The number of methoxy groups -OCH3 is 2. The second-order valence-corrected chi connectivity index (χ2v) is 6.14. The van der Waals surface area contributed by atoms with Crippen molar-refractivity contribution in [1.82, 2.24) is 4.90 Å². The standard InChI is InChI=1S/C22H22NO3/c1-23(13-12-16-8-11-20(25-2)21(14-16)26-3)22(24)19-10-9-17-6-4-5-7-18(17)15-19/h4-9,11,14-15H,12-13H2,1-3H3. The SMILES string of the molecule is COc1ccc(CCN(C)C(=O)c2[c]cc3ccccc3c2)cc1OC. The molecule has 4 heteroatoms. The number of carbonyl (C=O) groups excluding carboxylic acids is 1. The maximum Gasteiger partial charge on any atom is 0.254 e. The third-order valence-corrected chi connectivity index (χ3v) is 4.44. The fourth-order valence-corrected chi connectivity index (χ4v) is 2.89. The van der Waals surface area contributed by atoms with Gasteiger partial charge in [0.25, 0.3) is 5.91 Å². The lowest BCUT2D eigenvalue weighted by atomic mass is 10.1.